The average molecular weight is 551 g/mol. The first-order valence-corrected chi connectivity index (χ1v) is 12.8. The number of para-hydroxylation sites is 1. The van der Waals surface area contributed by atoms with Crippen LogP contribution in [0.2, 0.25) is 5.02 Å². The van der Waals surface area contributed by atoms with Crippen molar-refractivity contribution in [2.75, 3.05) is 0 Å². The SMILES string of the molecule is Cc1ccc(N=C2NC(=O)/C(=C/c3c(C)n(Cc4ccc(Br)cc4)c4ccccc34)S2)cc1Cl. The highest BCUT2D eigenvalue weighted by atomic mass is 79.9. The fraction of sp³-hybridized carbons (Fsp3) is 0.111. The molecule has 0 spiro atoms. The molecule has 4 aromatic rings. The number of nitrogens with one attached hydrogen (secondary N) is 1. The number of halogens is 2. The molecule has 2 heterocycles. The minimum atomic E-state index is -0.147. The number of aliphatic imine (C=N–C) groups is 1. The standard InChI is InChI=1S/C27H21BrClN3OS/c1-16-7-12-20(13-23(16)29)30-27-31-26(33)25(34-27)14-22-17(2)32(24-6-4-3-5-21(22)24)15-18-8-10-19(28)11-9-18/h3-14H,15H2,1-2H3,(H,30,31,33)/b25-14-. The number of aromatic nitrogens is 1. The monoisotopic (exact) mass is 549 g/mol. The molecule has 5 rings (SSSR count). The molecule has 7 heteroatoms. The van der Waals surface area contributed by atoms with Gasteiger partial charge < -0.3 is 9.88 Å². The largest absolute Gasteiger partial charge is 0.340 e. The Morgan fingerprint density at radius 3 is 2.62 bits per heavy atom. The number of hydrogen-bond donors (Lipinski definition) is 1. The molecule has 1 aliphatic rings. The van der Waals surface area contributed by atoms with Crippen LogP contribution < -0.4 is 5.32 Å². The number of rotatable bonds is 4. The molecule has 0 bridgehead atoms. The minimum absolute atomic E-state index is 0.147. The number of amidine groups is 1. The van der Waals surface area contributed by atoms with Gasteiger partial charge in [-0.2, -0.15) is 0 Å². The van der Waals surface area contributed by atoms with Crippen molar-refractivity contribution < 1.29 is 4.79 Å². The van der Waals surface area contributed by atoms with Crippen molar-refractivity contribution in [3.05, 3.63) is 104 Å². The molecular weight excluding hydrogens is 530 g/mol. The van der Waals surface area contributed by atoms with E-state index < -0.39 is 0 Å². The molecule has 1 aromatic heterocycles. The number of benzene rings is 3. The maximum absolute atomic E-state index is 12.8. The van der Waals surface area contributed by atoms with Crippen molar-refractivity contribution in [2.24, 2.45) is 4.99 Å². The molecule has 0 aliphatic carbocycles. The highest BCUT2D eigenvalue weighted by Crippen LogP contribution is 2.34. The van der Waals surface area contributed by atoms with Crippen LogP contribution in [0.1, 0.15) is 22.4 Å². The molecule has 1 N–H and O–H groups in total. The topological polar surface area (TPSA) is 46.4 Å². The van der Waals surface area contributed by atoms with Gasteiger partial charge >= 0.3 is 0 Å². The van der Waals surface area contributed by atoms with Crippen molar-refractivity contribution in [3.63, 3.8) is 0 Å². The van der Waals surface area contributed by atoms with Crippen molar-refractivity contribution in [1.82, 2.24) is 9.88 Å². The van der Waals surface area contributed by atoms with E-state index in [0.29, 0.717) is 20.8 Å². The first-order valence-electron chi connectivity index (χ1n) is 10.8. The predicted octanol–water partition coefficient (Wildman–Crippen LogP) is 7.61. The van der Waals surface area contributed by atoms with Crippen LogP contribution in [0.5, 0.6) is 0 Å². The van der Waals surface area contributed by atoms with Gasteiger partial charge in [0.15, 0.2) is 5.17 Å². The van der Waals surface area contributed by atoms with E-state index in [2.05, 4.69) is 74.1 Å². The van der Waals surface area contributed by atoms with Crippen LogP contribution in [-0.4, -0.2) is 15.6 Å². The van der Waals surface area contributed by atoms with Crippen molar-refractivity contribution in [1.29, 1.82) is 0 Å². The molecule has 170 valence electrons. The molecule has 0 saturated carbocycles. The summed E-state index contributed by atoms with van der Waals surface area (Å²) in [5.41, 5.74) is 6.21. The number of amides is 1. The third kappa shape index (κ3) is 4.58. The molecule has 0 atom stereocenters. The maximum Gasteiger partial charge on any atom is 0.264 e. The maximum atomic E-state index is 12.8. The van der Waals surface area contributed by atoms with Gasteiger partial charge in [0.2, 0.25) is 0 Å². The summed E-state index contributed by atoms with van der Waals surface area (Å²) in [6.07, 6.45) is 1.97. The Hall–Kier alpha value is -2.80. The lowest BCUT2D eigenvalue weighted by atomic mass is 10.1. The fourth-order valence-corrected chi connectivity index (χ4v) is 5.26. The zero-order valence-electron chi connectivity index (χ0n) is 18.6. The highest BCUT2D eigenvalue weighted by Gasteiger charge is 2.25. The van der Waals surface area contributed by atoms with Crippen LogP contribution in [0.3, 0.4) is 0 Å². The van der Waals surface area contributed by atoms with E-state index in [1.165, 1.54) is 17.3 Å². The molecule has 0 unspecified atom stereocenters. The van der Waals surface area contributed by atoms with Crippen LogP contribution in [0.4, 0.5) is 5.69 Å². The minimum Gasteiger partial charge on any atom is -0.340 e. The summed E-state index contributed by atoms with van der Waals surface area (Å²) < 4.78 is 3.36. The predicted molar refractivity (Wildman–Crippen MR) is 147 cm³/mol. The molecule has 4 nitrogen and oxygen atoms in total. The summed E-state index contributed by atoms with van der Waals surface area (Å²) in [4.78, 5) is 17.9. The van der Waals surface area contributed by atoms with E-state index in [1.54, 1.807) is 6.07 Å². The number of aryl methyl sites for hydroxylation is 1. The second-order valence-electron chi connectivity index (χ2n) is 8.14. The molecule has 1 fully saturated rings. The van der Waals surface area contributed by atoms with E-state index in [4.69, 9.17) is 11.6 Å². The molecule has 1 amide bonds. The van der Waals surface area contributed by atoms with Gasteiger partial charge in [-0.25, -0.2) is 4.99 Å². The zero-order valence-corrected chi connectivity index (χ0v) is 21.8. The lowest BCUT2D eigenvalue weighted by Gasteiger charge is -2.09. The quantitative estimate of drug-likeness (QED) is 0.266. The van der Waals surface area contributed by atoms with Gasteiger partial charge in [0.1, 0.15) is 0 Å². The summed E-state index contributed by atoms with van der Waals surface area (Å²) in [5.74, 6) is -0.147. The van der Waals surface area contributed by atoms with Crippen LogP contribution in [0, 0.1) is 13.8 Å². The Morgan fingerprint density at radius 1 is 1.09 bits per heavy atom. The van der Waals surface area contributed by atoms with Gasteiger partial charge in [-0.05, 0) is 73.1 Å². The summed E-state index contributed by atoms with van der Waals surface area (Å²) in [6.45, 7) is 4.80. The van der Waals surface area contributed by atoms with Crippen molar-refractivity contribution >= 4 is 73.0 Å². The van der Waals surface area contributed by atoms with Crippen molar-refractivity contribution in [2.45, 2.75) is 20.4 Å². The number of thioether (sulfide) groups is 1. The summed E-state index contributed by atoms with van der Waals surface area (Å²) in [6, 6.07) is 22.3. The molecule has 1 aliphatic heterocycles. The lowest BCUT2D eigenvalue weighted by Crippen LogP contribution is -2.19. The molecule has 1 saturated heterocycles. The molecule has 3 aromatic carbocycles. The average Bonchev–Trinajstić information content (AvgIpc) is 3.29. The van der Waals surface area contributed by atoms with Gasteiger partial charge in [-0.15, -0.1) is 0 Å². The Balaban J connectivity index is 1.50. The summed E-state index contributed by atoms with van der Waals surface area (Å²) >= 11 is 11.1. The first-order chi connectivity index (χ1) is 16.4. The number of hydrogen-bond acceptors (Lipinski definition) is 3. The summed E-state index contributed by atoms with van der Waals surface area (Å²) in [7, 11) is 0. The van der Waals surface area contributed by atoms with Crippen LogP contribution in [-0.2, 0) is 11.3 Å². The number of nitrogens with zero attached hydrogens (tertiary/aromatic N) is 2. The highest BCUT2D eigenvalue weighted by molar-refractivity contribution is 9.10. The molecule has 0 radical (unpaired) electrons. The normalized spacial score (nSPS) is 16.1. The van der Waals surface area contributed by atoms with Gasteiger partial charge in [0, 0.05) is 38.2 Å². The van der Waals surface area contributed by atoms with E-state index >= 15 is 0 Å². The van der Waals surface area contributed by atoms with Crippen LogP contribution in [0.15, 0.2) is 81.1 Å². The van der Waals surface area contributed by atoms with Crippen LogP contribution in [0.25, 0.3) is 17.0 Å². The number of fused-ring (bicyclic) bond motifs is 1. The van der Waals surface area contributed by atoms with Crippen molar-refractivity contribution in [3.8, 4) is 0 Å². The Kier molecular flexibility index (Phi) is 6.38. The number of carbonyl (C=O) groups excluding carboxylic acids is 1. The smallest absolute Gasteiger partial charge is 0.264 e. The Bertz CT molecular complexity index is 1490. The van der Waals surface area contributed by atoms with Crippen LogP contribution >= 0.6 is 39.3 Å². The lowest BCUT2D eigenvalue weighted by molar-refractivity contribution is -0.115. The molecule has 34 heavy (non-hydrogen) atoms. The van der Waals surface area contributed by atoms with E-state index in [0.717, 1.165) is 38.7 Å². The third-order valence-corrected chi connectivity index (χ3v) is 7.69. The Morgan fingerprint density at radius 2 is 1.85 bits per heavy atom. The van der Waals surface area contributed by atoms with E-state index in [-0.39, 0.29) is 5.91 Å². The van der Waals surface area contributed by atoms with E-state index in [1.807, 2.05) is 37.3 Å². The number of carbonyl (C=O) groups is 1. The van der Waals surface area contributed by atoms with Gasteiger partial charge in [-0.3, -0.25) is 4.79 Å². The van der Waals surface area contributed by atoms with Gasteiger partial charge in [0.25, 0.3) is 5.91 Å². The Labute approximate surface area is 215 Å². The molecular formula is C27H21BrClN3OS. The second-order valence-corrected chi connectivity index (χ2v) is 10.5. The fourth-order valence-electron chi connectivity index (χ4n) is 4.00. The third-order valence-electron chi connectivity index (χ3n) is 5.85. The second kappa shape index (κ2) is 9.45. The first kappa shape index (κ1) is 23.0. The van der Waals surface area contributed by atoms with Gasteiger partial charge in [-0.1, -0.05) is 63.9 Å². The van der Waals surface area contributed by atoms with E-state index in [9.17, 15) is 4.79 Å². The summed E-state index contributed by atoms with van der Waals surface area (Å²) in [5, 5.41) is 5.20. The zero-order chi connectivity index (χ0) is 23.8. The van der Waals surface area contributed by atoms with Gasteiger partial charge in [0.05, 0.1) is 10.6 Å².